The van der Waals surface area contributed by atoms with Crippen molar-refractivity contribution in [2.75, 3.05) is 13.9 Å². The van der Waals surface area contributed by atoms with E-state index in [0.29, 0.717) is 5.92 Å². The highest BCUT2D eigenvalue weighted by Gasteiger charge is 2.22. The van der Waals surface area contributed by atoms with Gasteiger partial charge in [-0.3, -0.25) is 0 Å². The quantitative estimate of drug-likeness (QED) is 0.588. The fraction of sp³-hybridized carbons (Fsp3) is 0.846. The Kier molecular flexibility index (Phi) is 6.47. The molecule has 1 aliphatic rings. The van der Waals surface area contributed by atoms with Crippen LogP contribution in [0.3, 0.4) is 0 Å². The molecule has 0 aromatic rings. The molecule has 1 rings (SSSR count). The number of hydrogen-bond acceptors (Lipinski definition) is 3. The Morgan fingerprint density at radius 3 is 2.50 bits per heavy atom. The van der Waals surface area contributed by atoms with Crippen molar-refractivity contribution in [3.8, 4) is 11.8 Å². The minimum Gasteiger partial charge on any atom is -0.381 e. The highest BCUT2D eigenvalue weighted by molar-refractivity contribution is 5.10. The van der Waals surface area contributed by atoms with Gasteiger partial charge in [0.25, 0.3) is 0 Å². The molecule has 3 heteroatoms. The molecule has 2 atom stereocenters. The first-order chi connectivity index (χ1) is 7.74. The van der Waals surface area contributed by atoms with E-state index in [0.717, 1.165) is 0 Å². The summed E-state index contributed by atoms with van der Waals surface area (Å²) in [6, 6.07) is 0. The number of rotatable bonds is 4. The number of ether oxygens (including phenoxy) is 2. The van der Waals surface area contributed by atoms with Crippen molar-refractivity contribution >= 4 is 0 Å². The summed E-state index contributed by atoms with van der Waals surface area (Å²) in [5.74, 6) is 6.29. The van der Waals surface area contributed by atoms with Gasteiger partial charge < -0.3 is 14.6 Å². The van der Waals surface area contributed by atoms with E-state index >= 15 is 0 Å². The van der Waals surface area contributed by atoms with Gasteiger partial charge in [-0.1, -0.05) is 31.1 Å². The minimum atomic E-state index is -0.586. The summed E-state index contributed by atoms with van der Waals surface area (Å²) in [6.07, 6.45) is 5.50. The molecule has 0 aromatic carbocycles. The van der Waals surface area contributed by atoms with Gasteiger partial charge in [-0.15, -0.1) is 0 Å². The first-order valence-electron chi connectivity index (χ1n) is 6.03. The molecular weight excluding hydrogens is 204 g/mol. The third-order valence-electron chi connectivity index (χ3n) is 2.88. The van der Waals surface area contributed by atoms with Crippen molar-refractivity contribution in [3.63, 3.8) is 0 Å². The predicted molar refractivity (Wildman–Crippen MR) is 62.8 cm³/mol. The van der Waals surface area contributed by atoms with Crippen molar-refractivity contribution in [2.45, 2.75) is 51.2 Å². The van der Waals surface area contributed by atoms with Gasteiger partial charge in [-0.25, -0.2) is 0 Å². The van der Waals surface area contributed by atoms with Gasteiger partial charge in [0.1, 0.15) is 19.0 Å². The van der Waals surface area contributed by atoms with Gasteiger partial charge in [0.2, 0.25) is 0 Å². The van der Waals surface area contributed by atoms with Crippen LogP contribution in [0, 0.1) is 17.8 Å². The summed E-state index contributed by atoms with van der Waals surface area (Å²) in [7, 11) is 1.61. The van der Waals surface area contributed by atoms with Crippen molar-refractivity contribution in [2.24, 2.45) is 5.92 Å². The zero-order valence-corrected chi connectivity index (χ0v) is 10.2. The molecule has 1 N–H and O–H groups in total. The lowest BCUT2D eigenvalue weighted by atomic mass is 9.85. The first-order valence-corrected chi connectivity index (χ1v) is 6.03. The Morgan fingerprint density at radius 2 is 1.94 bits per heavy atom. The van der Waals surface area contributed by atoms with Gasteiger partial charge in [0, 0.05) is 7.11 Å². The molecule has 16 heavy (non-hydrogen) atoms. The van der Waals surface area contributed by atoms with Gasteiger partial charge in [0.15, 0.2) is 0 Å². The van der Waals surface area contributed by atoms with Crippen molar-refractivity contribution in [3.05, 3.63) is 0 Å². The van der Waals surface area contributed by atoms with Crippen LogP contribution in [0.1, 0.15) is 39.0 Å². The van der Waals surface area contributed by atoms with E-state index in [1.165, 1.54) is 32.1 Å². The van der Waals surface area contributed by atoms with Crippen LogP contribution >= 0.6 is 0 Å². The van der Waals surface area contributed by atoms with Crippen LogP contribution in [0.5, 0.6) is 0 Å². The number of aliphatic hydroxyl groups is 1. The Balaban J connectivity index is 2.51. The second-order valence-electron chi connectivity index (χ2n) is 4.36. The van der Waals surface area contributed by atoms with Crippen LogP contribution < -0.4 is 0 Å². The summed E-state index contributed by atoms with van der Waals surface area (Å²) in [5, 5.41) is 9.16. The topological polar surface area (TPSA) is 38.7 Å². The van der Waals surface area contributed by atoms with Crippen LogP contribution in [-0.2, 0) is 9.47 Å². The molecule has 0 radical (unpaired) electrons. The third-order valence-corrected chi connectivity index (χ3v) is 2.88. The molecule has 0 aliphatic heterocycles. The molecule has 0 saturated heterocycles. The minimum absolute atomic E-state index is 0.0881. The maximum absolute atomic E-state index is 9.16. The summed E-state index contributed by atoms with van der Waals surface area (Å²) >= 11 is 0. The average molecular weight is 226 g/mol. The largest absolute Gasteiger partial charge is 0.381 e. The van der Waals surface area contributed by atoms with Crippen LogP contribution in [0.15, 0.2) is 0 Å². The maximum Gasteiger partial charge on any atom is 0.148 e. The van der Waals surface area contributed by atoms with Gasteiger partial charge in [0.05, 0.1) is 0 Å². The van der Waals surface area contributed by atoms with Crippen molar-refractivity contribution in [1.82, 2.24) is 0 Å². The molecule has 0 amide bonds. The summed E-state index contributed by atoms with van der Waals surface area (Å²) in [4.78, 5) is 0. The molecule has 92 valence electrons. The second-order valence-corrected chi connectivity index (χ2v) is 4.36. The van der Waals surface area contributed by atoms with Crippen LogP contribution in [0.2, 0.25) is 0 Å². The van der Waals surface area contributed by atoms with E-state index in [-0.39, 0.29) is 12.9 Å². The van der Waals surface area contributed by atoms with Crippen LogP contribution in [0.4, 0.5) is 0 Å². The van der Waals surface area contributed by atoms with Gasteiger partial charge in [-0.2, -0.15) is 0 Å². The Bertz CT molecular complexity index is 233. The fourth-order valence-electron chi connectivity index (χ4n) is 2.08. The van der Waals surface area contributed by atoms with Gasteiger partial charge >= 0.3 is 0 Å². The van der Waals surface area contributed by atoms with E-state index in [2.05, 4.69) is 11.8 Å². The zero-order valence-electron chi connectivity index (χ0n) is 10.2. The number of aliphatic hydroxyl groups excluding tert-OH is 1. The molecule has 1 saturated carbocycles. The predicted octanol–water partition coefficient (Wildman–Crippen LogP) is 1.94. The summed E-state index contributed by atoms with van der Waals surface area (Å²) in [5.41, 5.74) is 0. The average Bonchev–Trinajstić information content (AvgIpc) is 2.30. The number of methoxy groups -OCH3 is 1. The van der Waals surface area contributed by atoms with E-state index in [4.69, 9.17) is 14.6 Å². The van der Waals surface area contributed by atoms with Crippen molar-refractivity contribution < 1.29 is 14.6 Å². The zero-order chi connectivity index (χ0) is 11.8. The molecule has 1 aliphatic carbocycles. The van der Waals surface area contributed by atoms with Crippen LogP contribution in [-0.4, -0.2) is 31.2 Å². The molecule has 0 spiro atoms. The lowest BCUT2D eigenvalue weighted by Crippen LogP contribution is -2.26. The smallest absolute Gasteiger partial charge is 0.148 e. The van der Waals surface area contributed by atoms with Crippen LogP contribution in [0.25, 0.3) is 0 Å². The first kappa shape index (κ1) is 13.5. The van der Waals surface area contributed by atoms with E-state index in [1.54, 1.807) is 14.0 Å². The summed E-state index contributed by atoms with van der Waals surface area (Å²) in [6.45, 7) is 1.94. The lowest BCUT2D eigenvalue weighted by Gasteiger charge is -2.26. The lowest BCUT2D eigenvalue weighted by molar-refractivity contribution is -0.0738. The second kappa shape index (κ2) is 7.67. The van der Waals surface area contributed by atoms with Crippen molar-refractivity contribution in [1.29, 1.82) is 0 Å². The van der Waals surface area contributed by atoms with Gasteiger partial charge in [-0.05, 0) is 25.7 Å². The van der Waals surface area contributed by atoms with E-state index in [9.17, 15) is 0 Å². The molecule has 0 aromatic heterocycles. The normalized spacial score (nSPS) is 20.9. The molecule has 0 unspecified atom stereocenters. The molecular formula is C13H22O3. The molecule has 0 bridgehead atoms. The Morgan fingerprint density at radius 1 is 1.25 bits per heavy atom. The monoisotopic (exact) mass is 226 g/mol. The fourth-order valence-corrected chi connectivity index (χ4v) is 2.08. The third kappa shape index (κ3) is 4.98. The standard InChI is InChI=1S/C13H22O3/c1-11(14)8-9-13(16-10-15-2)12-6-4-3-5-7-12/h11-14H,3-7,10H2,1-2H3/t11-,13+/m0/s1. The molecule has 3 nitrogen and oxygen atoms in total. The van der Waals surface area contributed by atoms with E-state index < -0.39 is 6.10 Å². The Hall–Kier alpha value is -0.560. The molecule has 1 fully saturated rings. The van der Waals surface area contributed by atoms with E-state index in [1.807, 2.05) is 0 Å². The summed E-state index contributed by atoms with van der Waals surface area (Å²) < 4.78 is 10.5. The highest BCUT2D eigenvalue weighted by atomic mass is 16.7. The molecule has 0 heterocycles. The SMILES string of the molecule is COCO[C@H](C#C[C@H](C)O)C1CCCCC1. The highest BCUT2D eigenvalue weighted by Crippen LogP contribution is 2.27. The maximum atomic E-state index is 9.16. The Labute approximate surface area is 98.1 Å². The number of hydrogen-bond donors (Lipinski definition) is 1.